The molecule has 0 atom stereocenters. The van der Waals surface area contributed by atoms with Crippen molar-refractivity contribution in [2.24, 2.45) is 10.6 Å². The molecule has 3 aromatic carbocycles. The smallest absolute Gasteiger partial charge is 0.260 e. The molecule has 1 saturated heterocycles. The van der Waals surface area contributed by atoms with E-state index in [4.69, 9.17) is 9.57 Å². The molecule has 2 fully saturated rings. The highest BCUT2D eigenvalue weighted by molar-refractivity contribution is 5.83. The van der Waals surface area contributed by atoms with Crippen molar-refractivity contribution in [3.63, 3.8) is 0 Å². The third-order valence-corrected chi connectivity index (χ3v) is 7.18. The number of oxime groups is 1. The first-order valence-corrected chi connectivity index (χ1v) is 12.3. The number of benzene rings is 3. The Kier molecular flexibility index (Phi) is 6.79. The molecular weight excluding hydrogens is 424 g/mol. The third kappa shape index (κ3) is 5.77. The Hall–Kier alpha value is -3.34. The fraction of sp³-hybridized carbons (Fsp3) is 0.379. The molecular formula is C29H32N2O3. The Labute approximate surface area is 201 Å². The van der Waals surface area contributed by atoms with Gasteiger partial charge in [-0.1, -0.05) is 53.7 Å². The summed E-state index contributed by atoms with van der Waals surface area (Å²) < 4.78 is 5.73. The molecule has 2 aliphatic rings. The minimum absolute atomic E-state index is 0.0967. The standard InChI is InChI=1S/C29H32N2O3/c32-28(31-18-15-29(13-14-29)16-19-31)22-33-27-11-8-23(9-12-27)4-3-17-30-34-21-24-7-10-25-5-1-2-6-26(25)20-24/h1-2,5-12,17,20H,3-4,13-16,18-19,21-22H2. The number of amides is 1. The number of aryl methyl sites for hydroxylation is 1. The van der Waals surface area contributed by atoms with Crippen LogP contribution in [0, 0.1) is 5.41 Å². The molecule has 1 saturated carbocycles. The van der Waals surface area contributed by atoms with E-state index in [1.807, 2.05) is 47.5 Å². The summed E-state index contributed by atoms with van der Waals surface area (Å²) in [5, 5.41) is 6.53. The Morgan fingerprint density at radius 3 is 2.41 bits per heavy atom. The number of carbonyl (C=O) groups is 1. The Bertz CT molecular complexity index is 1140. The quantitative estimate of drug-likeness (QED) is 0.304. The Balaban J connectivity index is 0.991. The normalized spacial score (nSPS) is 16.8. The van der Waals surface area contributed by atoms with Gasteiger partial charge in [0.25, 0.3) is 5.91 Å². The highest BCUT2D eigenvalue weighted by atomic mass is 16.6. The summed E-state index contributed by atoms with van der Waals surface area (Å²) in [4.78, 5) is 19.8. The number of rotatable bonds is 9. The maximum absolute atomic E-state index is 12.4. The first kappa shape index (κ1) is 22.5. The molecule has 176 valence electrons. The van der Waals surface area contributed by atoms with Crippen molar-refractivity contribution in [1.82, 2.24) is 4.90 Å². The van der Waals surface area contributed by atoms with Gasteiger partial charge >= 0.3 is 0 Å². The number of ether oxygens (including phenoxy) is 1. The molecule has 5 rings (SSSR count). The van der Waals surface area contributed by atoms with Gasteiger partial charge in [-0.3, -0.25) is 4.79 Å². The van der Waals surface area contributed by atoms with E-state index in [1.54, 1.807) is 0 Å². The van der Waals surface area contributed by atoms with E-state index in [2.05, 4.69) is 35.5 Å². The average Bonchev–Trinajstić information content (AvgIpc) is 3.64. The third-order valence-electron chi connectivity index (χ3n) is 7.18. The fourth-order valence-electron chi connectivity index (χ4n) is 4.67. The molecule has 1 aliphatic carbocycles. The van der Waals surface area contributed by atoms with Gasteiger partial charge in [0.05, 0.1) is 0 Å². The molecule has 5 heteroatoms. The summed E-state index contributed by atoms with van der Waals surface area (Å²) in [7, 11) is 0. The maximum Gasteiger partial charge on any atom is 0.260 e. The van der Waals surface area contributed by atoms with E-state index in [-0.39, 0.29) is 12.5 Å². The molecule has 0 N–H and O–H groups in total. The zero-order valence-corrected chi connectivity index (χ0v) is 19.6. The maximum atomic E-state index is 12.4. The van der Waals surface area contributed by atoms with Crippen LogP contribution in [0.2, 0.25) is 0 Å². The van der Waals surface area contributed by atoms with E-state index >= 15 is 0 Å². The number of nitrogens with zero attached hydrogens (tertiary/aromatic N) is 2. The van der Waals surface area contributed by atoms with Crippen LogP contribution >= 0.6 is 0 Å². The van der Waals surface area contributed by atoms with Gasteiger partial charge in [-0.2, -0.15) is 0 Å². The second-order valence-electron chi connectivity index (χ2n) is 9.60. The van der Waals surface area contributed by atoms with Crippen molar-refractivity contribution in [3.8, 4) is 5.75 Å². The largest absolute Gasteiger partial charge is 0.484 e. The lowest BCUT2D eigenvalue weighted by Gasteiger charge is -2.32. The second kappa shape index (κ2) is 10.3. The second-order valence-corrected chi connectivity index (χ2v) is 9.60. The molecule has 1 aliphatic heterocycles. The summed E-state index contributed by atoms with van der Waals surface area (Å²) in [5.74, 6) is 0.833. The van der Waals surface area contributed by atoms with Crippen LogP contribution in [0.4, 0.5) is 0 Å². The lowest BCUT2D eigenvalue weighted by molar-refractivity contribution is -0.134. The highest BCUT2D eigenvalue weighted by Gasteiger charge is 2.45. The van der Waals surface area contributed by atoms with E-state index in [9.17, 15) is 4.79 Å². The van der Waals surface area contributed by atoms with E-state index in [0.717, 1.165) is 50.1 Å². The zero-order valence-electron chi connectivity index (χ0n) is 19.6. The van der Waals surface area contributed by atoms with Gasteiger partial charge in [0, 0.05) is 19.3 Å². The summed E-state index contributed by atoms with van der Waals surface area (Å²) in [6, 6.07) is 22.6. The highest BCUT2D eigenvalue weighted by Crippen LogP contribution is 2.53. The molecule has 1 amide bonds. The van der Waals surface area contributed by atoms with E-state index < -0.39 is 0 Å². The van der Waals surface area contributed by atoms with Crippen LogP contribution < -0.4 is 4.74 Å². The molecule has 0 aromatic heterocycles. The van der Waals surface area contributed by atoms with Crippen LogP contribution in [0.25, 0.3) is 10.8 Å². The first-order valence-electron chi connectivity index (χ1n) is 12.3. The van der Waals surface area contributed by atoms with Crippen molar-refractivity contribution < 1.29 is 14.4 Å². The van der Waals surface area contributed by atoms with Crippen LogP contribution in [0.5, 0.6) is 5.75 Å². The van der Waals surface area contributed by atoms with Gasteiger partial charge in [0.1, 0.15) is 12.4 Å². The number of hydrogen-bond donors (Lipinski definition) is 0. The zero-order chi connectivity index (χ0) is 23.2. The van der Waals surface area contributed by atoms with Gasteiger partial charge < -0.3 is 14.5 Å². The van der Waals surface area contributed by atoms with Crippen LogP contribution in [-0.4, -0.2) is 36.7 Å². The molecule has 0 unspecified atom stereocenters. The van der Waals surface area contributed by atoms with Crippen LogP contribution in [-0.2, 0) is 22.7 Å². The molecule has 34 heavy (non-hydrogen) atoms. The number of carbonyl (C=O) groups excluding carboxylic acids is 1. The predicted octanol–water partition coefficient (Wildman–Crippen LogP) is 5.76. The van der Waals surface area contributed by atoms with Crippen molar-refractivity contribution in [1.29, 1.82) is 0 Å². The van der Waals surface area contributed by atoms with Gasteiger partial charge in [-0.25, -0.2) is 0 Å². The summed E-state index contributed by atoms with van der Waals surface area (Å²) in [6.45, 7) is 2.35. The summed E-state index contributed by atoms with van der Waals surface area (Å²) in [5.41, 5.74) is 2.89. The summed E-state index contributed by atoms with van der Waals surface area (Å²) >= 11 is 0. The van der Waals surface area contributed by atoms with E-state index in [1.165, 1.54) is 29.2 Å². The topological polar surface area (TPSA) is 51.1 Å². The van der Waals surface area contributed by atoms with E-state index in [0.29, 0.717) is 12.0 Å². The van der Waals surface area contributed by atoms with Crippen LogP contribution in [0.1, 0.15) is 43.2 Å². The fourth-order valence-corrected chi connectivity index (χ4v) is 4.67. The lowest BCUT2D eigenvalue weighted by Crippen LogP contribution is -2.41. The monoisotopic (exact) mass is 456 g/mol. The first-order chi connectivity index (χ1) is 16.7. The molecule has 0 radical (unpaired) electrons. The number of likely N-dealkylation sites (tertiary alicyclic amines) is 1. The van der Waals surface area contributed by atoms with Gasteiger partial charge in [0.2, 0.25) is 0 Å². The van der Waals surface area contributed by atoms with Crippen molar-refractivity contribution in [2.45, 2.75) is 45.1 Å². The minimum atomic E-state index is 0.0967. The molecule has 1 spiro atoms. The lowest BCUT2D eigenvalue weighted by atomic mass is 9.94. The molecule has 1 heterocycles. The average molecular weight is 457 g/mol. The van der Waals surface area contributed by atoms with Crippen molar-refractivity contribution in [3.05, 3.63) is 77.9 Å². The Morgan fingerprint density at radius 2 is 1.65 bits per heavy atom. The van der Waals surface area contributed by atoms with Crippen LogP contribution in [0.15, 0.2) is 71.9 Å². The minimum Gasteiger partial charge on any atom is -0.484 e. The van der Waals surface area contributed by atoms with Crippen molar-refractivity contribution in [2.75, 3.05) is 19.7 Å². The molecule has 5 nitrogen and oxygen atoms in total. The number of piperidine rings is 1. The van der Waals surface area contributed by atoms with Crippen molar-refractivity contribution >= 4 is 22.9 Å². The molecule has 3 aromatic rings. The van der Waals surface area contributed by atoms with Gasteiger partial charge in [0.15, 0.2) is 6.61 Å². The van der Waals surface area contributed by atoms with Gasteiger partial charge in [-0.05, 0) is 84.0 Å². The number of hydrogen-bond acceptors (Lipinski definition) is 4. The summed E-state index contributed by atoms with van der Waals surface area (Å²) in [6.07, 6.45) is 8.50. The SMILES string of the molecule is O=C(COc1ccc(CCC=NOCc2ccc3ccccc3c2)cc1)N1CCC2(CC1)CC2. The van der Waals surface area contributed by atoms with Gasteiger partial charge in [-0.15, -0.1) is 0 Å². The molecule has 0 bridgehead atoms. The number of fused-ring (bicyclic) bond motifs is 1. The van der Waals surface area contributed by atoms with Crippen LogP contribution in [0.3, 0.4) is 0 Å². The predicted molar refractivity (Wildman–Crippen MR) is 135 cm³/mol. The Morgan fingerprint density at radius 1 is 0.912 bits per heavy atom.